The minimum Gasteiger partial charge on any atom is -0.325 e. The van der Waals surface area contributed by atoms with Gasteiger partial charge in [0.05, 0.1) is 9.12 Å². The van der Waals surface area contributed by atoms with E-state index in [4.69, 9.17) is 0 Å². The van der Waals surface area contributed by atoms with Crippen molar-refractivity contribution in [2.24, 2.45) is 5.92 Å². The molecule has 0 radical (unpaired) electrons. The van der Waals surface area contributed by atoms with E-state index in [1.807, 2.05) is 16.4 Å². The molecule has 21 heavy (non-hydrogen) atoms. The summed E-state index contributed by atoms with van der Waals surface area (Å²) in [6.07, 6.45) is 6.23. The lowest BCUT2D eigenvalue weighted by atomic mass is 9.67. The molecule has 1 aromatic heterocycles. The summed E-state index contributed by atoms with van der Waals surface area (Å²) >= 11 is 3.84. The van der Waals surface area contributed by atoms with Gasteiger partial charge in [-0.3, -0.25) is 9.59 Å². The van der Waals surface area contributed by atoms with E-state index in [1.54, 1.807) is 17.4 Å². The minimum atomic E-state index is -0.388. The summed E-state index contributed by atoms with van der Waals surface area (Å²) in [6.45, 7) is 0.786. The highest BCUT2D eigenvalue weighted by Crippen LogP contribution is 2.54. The Labute approximate surface area is 140 Å². The van der Waals surface area contributed by atoms with E-state index in [0.717, 1.165) is 34.1 Å². The van der Waals surface area contributed by atoms with Crippen LogP contribution in [-0.4, -0.2) is 28.7 Å². The van der Waals surface area contributed by atoms with E-state index in [-0.39, 0.29) is 23.1 Å². The SMILES string of the molecule is O=C1C=CC23C(c4ccsc4)=C(I)C(=O)N2CCCC3C1. The molecule has 0 saturated carbocycles. The molecule has 2 atom stereocenters. The van der Waals surface area contributed by atoms with Crippen LogP contribution in [0.3, 0.4) is 0 Å². The lowest BCUT2D eigenvalue weighted by Gasteiger charge is -2.49. The maximum Gasteiger partial charge on any atom is 0.261 e. The Balaban J connectivity index is 1.97. The normalized spacial score (nSPS) is 31.7. The van der Waals surface area contributed by atoms with Gasteiger partial charge >= 0.3 is 0 Å². The first-order valence-electron chi connectivity index (χ1n) is 7.11. The maximum absolute atomic E-state index is 12.7. The molecule has 1 aromatic rings. The highest BCUT2D eigenvalue weighted by Gasteiger charge is 2.56. The molecule has 1 fully saturated rings. The van der Waals surface area contributed by atoms with Gasteiger partial charge in [-0.15, -0.1) is 0 Å². The Hall–Kier alpha value is -0.950. The molecular formula is C16H14INO2S. The summed E-state index contributed by atoms with van der Waals surface area (Å²) < 4.78 is 0.817. The molecule has 2 aliphatic heterocycles. The van der Waals surface area contributed by atoms with Crippen LogP contribution in [0.25, 0.3) is 5.57 Å². The number of amides is 1. The number of thiophene rings is 1. The van der Waals surface area contributed by atoms with Crippen molar-refractivity contribution in [3.8, 4) is 0 Å². The second-order valence-electron chi connectivity index (χ2n) is 5.83. The molecule has 1 aliphatic carbocycles. The molecule has 3 heterocycles. The molecule has 5 heteroatoms. The van der Waals surface area contributed by atoms with Gasteiger partial charge in [0.2, 0.25) is 0 Å². The van der Waals surface area contributed by atoms with Crippen molar-refractivity contribution in [2.75, 3.05) is 6.54 Å². The zero-order chi connectivity index (χ0) is 14.6. The van der Waals surface area contributed by atoms with Crippen LogP contribution in [-0.2, 0) is 9.59 Å². The molecule has 108 valence electrons. The van der Waals surface area contributed by atoms with Gasteiger partial charge in [0.15, 0.2) is 5.78 Å². The van der Waals surface area contributed by atoms with Crippen LogP contribution < -0.4 is 0 Å². The summed E-state index contributed by atoms with van der Waals surface area (Å²) in [5.74, 6) is 0.530. The van der Waals surface area contributed by atoms with Gasteiger partial charge in [0, 0.05) is 18.5 Å². The van der Waals surface area contributed by atoms with Gasteiger partial charge in [0.25, 0.3) is 5.91 Å². The van der Waals surface area contributed by atoms with E-state index in [2.05, 4.69) is 34.0 Å². The van der Waals surface area contributed by atoms with E-state index in [0.29, 0.717) is 6.42 Å². The van der Waals surface area contributed by atoms with Crippen LogP contribution in [0.4, 0.5) is 0 Å². The first-order chi connectivity index (χ1) is 10.1. The number of carbonyl (C=O) groups is 2. The van der Waals surface area contributed by atoms with Gasteiger partial charge in [-0.1, -0.05) is 6.08 Å². The van der Waals surface area contributed by atoms with Crippen molar-refractivity contribution in [2.45, 2.75) is 24.8 Å². The lowest BCUT2D eigenvalue weighted by molar-refractivity contribution is -0.132. The number of hydrogen-bond acceptors (Lipinski definition) is 3. The second-order valence-corrected chi connectivity index (χ2v) is 7.68. The van der Waals surface area contributed by atoms with E-state index in [9.17, 15) is 9.59 Å². The Bertz CT molecular complexity index is 691. The number of allylic oxidation sites excluding steroid dienone is 1. The van der Waals surface area contributed by atoms with Crippen LogP contribution in [0.15, 0.2) is 32.6 Å². The average molecular weight is 411 g/mol. The smallest absolute Gasteiger partial charge is 0.261 e. The van der Waals surface area contributed by atoms with E-state index < -0.39 is 0 Å². The number of piperidine rings is 1. The zero-order valence-electron chi connectivity index (χ0n) is 11.3. The Morgan fingerprint density at radius 2 is 2.24 bits per heavy atom. The number of rotatable bonds is 1. The Morgan fingerprint density at radius 1 is 1.38 bits per heavy atom. The van der Waals surface area contributed by atoms with Crippen molar-refractivity contribution in [1.82, 2.24) is 4.90 Å². The van der Waals surface area contributed by atoms with Gasteiger partial charge in [-0.05, 0) is 69.8 Å². The van der Waals surface area contributed by atoms with Gasteiger partial charge in [-0.2, -0.15) is 11.3 Å². The number of nitrogens with zero attached hydrogens (tertiary/aromatic N) is 1. The summed E-state index contributed by atoms with van der Waals surface area (Å²) in [6, 6.07) is 2.08. The largest absolute Gasteiger partial charge is 0.325 e. The fourth-order valence-corrected chi connectivity index (χ4v) is 5.68. The lowest BCUT2D eigenvalue weighted by Crippen LogP contribution is -2.56. The molecular weight excluding hydrogens is 397 g/mol. The third-order valence-electron chi connectivity index (χ3n) is 4.84. The summed E-state index contributed by atoms with van der Waals surface area (Å²) in [4.78, 5) is 26.6. The zero-order valence-corrected chi connectivity index (χ0v) is 14.3. The summed E-state index contributed by atoms with van der Waals surface area (Å²) in [5.41, 5.74) is 1.86. The van der Waals surface area contributed by atoms with E-state index in [1.165, 1.54) is 0 Å². The molecule has 0 bridgehead atoms. The standard InChI is InChI=1S/C16H14INO2S/c17-14-13(10-4-7-21-9-10)16-5-3-12(19)8-11(16)2-1-6-18(16)15(14)20/h3-5,7,9,11H,1-2,6,8H2. The predicted octanol–water partition coefficient (Wildman–Crippen LogP) is 3.41. The Morgan fingerprint density at radius 3 is 3.00 bits per heavy atom. The average Bonchev–Trinajstić information content (AvgIpc) is 3.06. The number of halogens is 1. The number of carbonyl (C=O) groups excluding carboxylic acids is 2. The number of hydrogen-bond donors (Lipinski definition) is 0. The minimum absolute atomic E-state index is 0.125. The van der Waals surface area contributed by atoms with Crippen LogP contribution in [0, 0.1) is 5.92 Å². The molecule has 1 spiro atoms. The van der Waals surface area contributed by atoms with Crippen molar-refractivity contribution in [3.05, 3.63) is 38.1 Å². The van der Waals surface area contributed by atoms with Crippen molar-refractivity contribution in [1.29, 1.82) is 0 Å². The molecule has 0 N–H and O–H groups in total. The molecule has 0 aromatic carbocycles. The quantitative estimate of drug-likeness (QED) is 0.665. The number of ketones is 1. The molecule has 3 nitrogen and oxygen atoms in total. The fraction of sp³-hybridized carbons (Fsp3) is 0.375. The van der Waals surface area contributed by atoms with Crippen LogP contribution in [0.5, 0.6) is 0 Å². The molecule has 1 saturated heterocycles. The highest BCUT2D eigenvalue weighted by molar-refractivity contribution is 14.1. The van der Waals surface area contributed by atoms with Crippen LogP contribution in [0.2, 0.25) is 0 Å². The second kappa shape index (κ2) is 4.78. The van der Waals surface area contributed by atoms with Gasteiger partial charge in [0.1, 0.15) is 0 Å². The van der Waals surface area contributed by atoms with Crippen molar-refractivity contribution >= 4 is 51.2 Å². The maximum atomic E-state index is 12.7. The summed E-state index contributed by atoms with van der Waals surface area (Å²) in [7, 11) is 0. The van der Waals surface area contributed by atoms with Gasteiger partial charge < -0.3 is 4.90 Å². The van der Waals surface area contributed by atoms with Crippen molar-refractivity contribution in [3.63, 3.8) is 0 Å². The highest BCUT2D eigenvalue weighted by atomic mass is 127. The molecule has 1 amide bonds. The van der Waals surface area contributed by atoms with E-state index >= 15 is 0 Å². The predicted molar refractivity (Wildman–Crippen MR) is 91.2 cm³/mol. The third kappa shape index (κ3) is 1.76. The fourth-order valence-electron chi connectivity index (χ4n) is 3.99. The summed E-state index contributed by atoms with van der Waals surface area (Å²) in [5, 5.41) is 4.15. The van der Waals surface area contributed by atoms with Crippen LogP contribution in [0.1, 0.15) is 24.8 Å². The topological polar surface area (TPSA) is 37.4 Å². The third-order valence-corrected chi connectivity index (χ3v) is 6.52. The van der Waals surface area contributed by atoms with Crippen molar-refractivity contribution < 1.29 is 9.59 Å². The molecule has 2 unspecified atom stereocenters. The molecule has 3 aliphatic rings. The molecule has 4 rings (SSSR count). The Kier molecular flexibility index (Phi) is 3.11. The first kappa shape index (κ1) is 13.7. The van der Waals surface area contributed by atoms with Gasteiger partial charge in [-0.25, -0.2) is 0 Å². The monoisotopic (exact) mass is 411 g/mol. The first-order valence-corrected chi connectivity index (χ1v) is 9.13. The van der Waals surface area contributed by atoms with Crippen LogP contribution >= 0.6 is 33.9 Å².